The zero-order valence-corrected chi connectivity index (χ0v) is 62.5. The van der Waals surface area contributed by atoms with Crippen molar-refractivity contribution in [3.05, 3.63) is 364 Å². The number of fused-ring (bicyclic) bond motifs is 19. The summed E-state index contributed by atoms with van der Waals surface area (Å²) in [6.07, 6.45) is 0. The molecule has 3 heterocycles. The third kappa shape index (κ3) is 9.61. The van der Waals surface area contributed by atoms with E-state index in [2.05, 4.69) is 369 Å². The standard InChI is InChI=1S/C104H59NO2.U/c1-3-19-61(20-4-1)66-36-38-70-56-75(43-40-68(70)53-66)95-79-27-11-13-29-81(79)97(87-52-51-77(74-42-35-63-23-7-8-25-65(63)55-74)102-99(87)85-31-15-17-33-92(85)105-102)83-48-46-72(58-89(83)95)73-47-49-84-90(59-73)96(76-44-41-69-54-67(37-39-71(69)57-76)62-21-5-2-6-22-62)80-28-12-14-30-82(80)98(84)91-60-94-100(86-32-16-18-34-93(86)106-94)101-88-50-45-64-24-9-10-26-78(64)103(88)107-104(91)101;/h1-41,43-50,52-60,105H;/q-2;+2. The summed E-state index contributed by atoms with van der Waals surface area (Å²) in [7, 11) is 0. The van der Waals surface area contributed by atoms with Crippen LogP contribution in [0.5, 0.6) is 0 Å². The maximum atomic E-state index is 7.51. The molecule has 0 unspecified atom stereocenters. The number of hydrogen-bond donors (Lipinski definition) is 1. The second-order valence-electron chi connectivity index (χ2n) is 28.7. The molecule has 108 heavy (non-hydrogen) atoms. The Morgan fingerprint density at radius 3 is 1.30 bits per heavy atom. The zero-order chi connectivity index (χ0) is 70.0. The molecule has 20 aromatic carbocycles. The van der Waals surface area contributed by atoms with Crippen LogP contribution in [0.3, 0.4) is 0 Å². The zero-order valence-electron chi connectivity index (χ0n) is 58.3. The Kier molecular flexibility index (Phi) is 14.1. The molecule has 0 radical (unpaired) electrons. The van der Waals surface area contributed by atoms with E-state index in [1.165, 1.54) is 65.5 Å². The maximum absolute atomic E-state index is 7.51. The van der Waals surface area contributed by atoms with Gasteiger partial charge in [-0.2, -0.15) is 18.2 Å². The molecule has 4 heteroatoms. The molecular formula is C104H59NO2U. The first-order chi connectivity index (χ1) is 53.0. The van der Waals surface area contributed by atoms with Crippen LogP contribution in [-0.2, 0) is 0 Å². The second kappa shape index (κ2) is 24.5. The molecule has 3 nitrogen and oxygen atoms in total. The van der Waals surface area contributed by atoms with Crippen LogP contribution in [0.4, 0.5) is 0 Å². The molecule has 0 amide bonds. The quantitative estimate of drug-likeness (QED) is 0.122. The van der Waals surface area contributed by atoms with Gasteiger partial charge in [0.2, 0.25) is 0 Å². The van der Waals surface area contributed by atoms with Crippen LogP contribution in [-0.4, -0.2) is 4.98 Å². The number of aromatic nitrogens is 1. The van der Waals surface area contributed by atoms with Crippen molar-refractivity contribution in [1.82, 2.24) is 4.98 Å². The molecule has 0 bridgehead atoms. The average molecular weight is 1590 g/mol. The van der Waals surface area contributed by atoms with Crippen LogP contribution in [0, 0.1) is 43.2 Å². The van der Waals surface area contributed by atoms with Gasteiger partial charge in [0.1, 0.15) is 22.3 Å². The molecule has 0 atom stereocenters. The number of furan rings is 2. The maximum Gasteiger partial charge on any atom is 2.00 e. The van der Waals surface area contributed by atoms with Gasteiger partial charge in [-0.3, -0.25) is 0 Å². The minimum absolute atomic E-state index is 0. The van der Waals surface area contributed by atoms with Gasteiger partial charge in [0.05, 0.1) is 0 Å². The first kappa shape index (κ1) is 62.3. The van der Waals surface area contributed by atoms with Gasteiger partial charge in [-0.15, -0.1) is 22.9 Å². The Balaban J connectivity index is 0.00000724. The number of H-pyrrole nitrogens is 1. The topological polar surface area (TPSA) is 42.1 Å². The predicted octanol–water partition coefficient (Wildman–Crippen LogP) is 29.3. The molecule has 23 rings (SSSR count). The normalized spacial score (nSPS) is 12.0. The van der Waals surface area contributed by atoms with Crippen LogP contribution in [0.15, 0.2) is 361 Å². The van der Waals surface area contributed by atoms with Crippen molar-refractivity contribution in [2.24, 2.45) is 0 Å². The SMILES string of the molecule is [U+2].[c-]1cc2ccccc2cc1-c1[c-]cc(-c2c3ccccc3c(-c3ccc4cc(-c5ccccc5)ccc4c3)c3cc(-c4ccc5c(-c6cc7oc8ccccc8c7c7c6oc6c8ccccc8ccc67)c6ccccc6c(-c6ccc7cc(-c8ccccc8)ccc7c6)c5c4)ccc23)c2c1[nH]c1ccccc12. The molecular weight excluding hydrogens is 1530 g/mol. The van der Waals surface area contributed by atoms with Crippen LogP contribution >= 0.6 is 0 Å². The van der Waals surface area contributed by atoms with E-state index in [0.717, 1.165) is 175 Å². The fourth-order valence-electron chi connectivity index (χ4n) is 18.0. The number of rotatable bonds is 8. The number of para-hydroxylation sites is 2. The fraction of sp³-hybridized carbons (Fsp3) is 0. The molecule has 0 saturated carbocycles. The molecule has 3 aromatic heterocycles. The molecule has 0 saturated heterocycles. The van der Waals surface area contributed by atoms with Crippen LogP contribution in [0.1, 0.15) is 0 Å². The molecule has 1 N–H and O–H groups in total. The minimum atomic E-state index is 0. The van der Waals surface area contributed by atoms with Gasteiger partial charge in [-0.25, -0.2) is 11.1 Å². The largest absolute Gasteiger partial charge is 2.00 e. The Hall–Kier alpha value is -13.1. The smallest absolute Gasteiger partial charge is 0.456 e. The van der Waals surface area contributed by atoms with Gasteiger partial charge in [0, 0.05) is 43.6 Å². The fourth-order valence-corrected chi connectivity index (χ4v) is 18.0. The van der Waals surface area contributed by atoms with Gasteiger partial charge in [-0.1, -0.05) is 289 Å². The number of aromatic amines is 1. The van der Waals surface area contributed by atoms with E-state index in [9.17, 15) is 0 Å². The van der Waals surface area contributed by atoms with Gasteiger partial charge in [-0.05, 0) is 197 Å². The van der Waals surface area contributed by atoms with E-state index in [1.54, 1.807) is 0 Å². The molecule has 0 aliphatic rings. The van der Waals surface area contributed by atoms with Crippen molar-refractivity contribution < 1.29 is 39.9 Å². The molecule has 0 aliphatic carbocycles. The van der Waals surface area contributed by atoms with Crippen molar-refractivity contribution in [1.29, 1.82) is 0 Å². The minimum Gasteiger partial charge on any atom is -0.456 e. The van der Waals surface area contributed by atoms with Crippen molar-refractivity contribution in [2.45, 2.75) is 0 Å². The molecule has 0 spiro atoms. The third-order valence-electron chi connectivity index (χ3n) is 22.9. The Morgan fingerprint density at radius 1 is 0.231 bits per heavy atom. The van der Waals surface area contributed by atoms with Crippen molar-refractivity contribution >= 4 is 152 Å². The van der Waals surface area contributed by atoms with E-state index in [4.69, 9.17) is 8.83 Å². The van der Waals surface area contributed by atoms with Gasteiger partial charge in [0.25, 0.3) is 0 Å². The third-order valence-corrected chi connectivity index (χ3v) is 22.9. The van der Waals surface area contributed by atoms with Gasteiger partial charge >= 0.3 is 31.1 Å². The van der Waals surface area contributed by atoms with E-state index in [1.807, 2.05) is 0 Å². The van der Waals surface area contributed by atoms with Crippen LogP contribution in [0.2, 0.25) is 0 Å². The summed E-state index contributed by atoms with van der Waals surface area (Å²) in [6, 6.07) is 137. The average Bonchev–Trinajstić information content (AvgIpc) is 1.42. The summed E-state index contributed by atoms with van der Waals surface area (Å²) < 4.78 is 14.5. The molecule has 0 fully saturated rings. The van der Waals surface area contributed by atoms with Crippen LogP contribution in [0.25, 0.3) is 241 Å². The van der Waals surface area contributed by atoms with E-state index >= 15 is 0 Å². The number of hydrogen-bond acceptors (Lipinski definition) is 2. The summed E-state index contributed by atoms with van der Waals surface area (Å²) in [6.45, 7) is 0. The van der Waals surface area contributed by atoms with Crippen LogP contribution < -0.4 is 0 Å². The number of nitrogens with one attached hydrogen (secondary N) is 1. The monoisotopic (exact) mass is 1590 g/mol. The molecule has 496 valence electrons. The Morgan fingerprint density at radius 2 is 0.676 bits per heavy atom. The Labute approximate surface area is 644 Å². The van der Waals surface area contributed by atoms with E-state index in [0.29, 0.717) is 0 Å². The number of benzene rings is 20. The van der Waals surface area contributed by atoms with Gasteiger partial charge in [0.15, 0.2) is 0 Å². The van der Waals surface area contributed by atoms with Gasteiger partial charge < -0.3 is 13.8 Å². The molecule has 23 aromatic rings. The summed E-state index contributed by atoms with van der Waals surface area (Å²) in [4.78, 5) is 3.94. The first-order valence-corrected chi connectivity index (χ1v) is 36.8. The van der Waals surface area contributed by atoms with Crippen molar-refractivity contribution in [3.63, 3.8) is 0 Å². The predicted molar refractivity (Wildman–Crippen MR) is 452 cm³/mol. The first-order valence-electron chi connectivity index (χ1n) is 36.8. The van der Waals surface area contributed by atoms with Crippen molar-refractivity contribution in [2.75, 3.05) is 0 Å². The summed E-state index contributed by atoms with van der Waals surface area (Å²) in [5, 5.41) is 24.9. The Bertz CT molecular complexity index is 7750. The van der Waals surface area contributed by atoms with Crippen molar-refractivity contribution in [3.8, 4) is 89.0 Å². The second-order valence-corrected chi connectivity index (χ2v) is 28.7. The summed E-state index contributed by atoms with van der Waals surface area (Å²) >= 11 is 0. The summed E-state index contributed by atoms with van der Waals surface area (Å²) in [5.41, 5.74) is 23.4. The summed E-state index contributed by atoms with van der Waals surface area (Å²) in [5.74, 6) is 0. The molecule has 0 aliphatic heterocycles. The van der Waals surface area contributed by atoms with E-state index in [-0.39, 0.29) is 31.1 Å². The van der Waals surface area contributed by atoms with E-state index < -0.39 is 0 Å².